The molecule has 2 heterocycles. The summed E-state index contributed by atoms with van der Waals surface area (Å²) in [5, 5.41) is 87.2. The molecule has 2 fully saturated rings. The van der Waals surface area contributed by atoms with Crippen molar-refractivity contribution in [2.75, 3.05) is 19.8 Å². The van der Waals surface area contributed by atoms with E-state index in [-0.39, 0.29) is 18.9 Å². The molecular formula is C63H117NO13. The maximum Gasteiger partial charge on any atom is 0.220 e. The number of aliphatic hydroxyl groups is 8. The fraction of sp³-hybridized carbons (Fsp3) is 0.889. The average molecular weight is 1100 g/mol. The van der Waals surface area contributed by atoms with Gasteiger partial charge in [0.25, 0.3) is 0 Å². The Morgan fingerprint density at radius 2 is 0.857 bits per heavy atom. The van der Waals surface area contributed by atoms with E-state index in [1.165, 1.54) is 180 Å². The van der Waals surface area contributed by atoms with Crippen LogP contribution in [0.4, 0.5) is 0 Å². The molecule has 2 saturated heterocycles. The predicted octanol–water partition coefficient (Wildman–Crippen LogP) is 11.4. The lowest BCUT2D eigenvalue weighted by Crippen LogP contribution is -2.65. The van der Waals surface area contributed by atoms with Crippen molar-refractivity contribution in [3.8, 4) is 0 Å². The van der Waals surface area contributed by atoms with Crippen LogP contribution in [-0.2, 0) is 23.7 Å². The van der Waals surface area contributed by atoms with Crippen LogP contribution in [0.15, 0.2) is 36.5 Å². The van der Waals surface area contributed by atoms with Gasteiger partial charge in [-0.05, 0) is 51.4 Å². The third-order valence-corrected chi connectivity index (χ3v) is 15.6. The maximum absolute atomic E-state index is 13.3. The number of rotatable bonds is 51. The first-order valence-electron chi connectivity index (χ1n) is 31.7. The zero-order valence-corrected chi connectivity index (χ0v) is 48.7. The topological polar surface area (TPSA) is 228 Å². The Bertz CT molecular complexity index is 1430. The van der Waals surface area contributed by atoms with Crippen molar-refractivity contribution in [2.45, 2.75) is 338 Å². The number of amides is 1. The first kappa shape index (κ1) is 71.3. The van der Waals surface area contributed by atoms with Gasteiger partial charge in [0.1, 0.15) is 48.8 Å². The second kappa shape index (κ2) is 48.9. The summed E-state index contributed by atoms with van der Waals surface area (Å²) in [5.74, 6) is -0.245. The second-order valence-electron chi connectivity index (χ2n) is 22.5. The van der Waals surface area contributed by atoms with E-state index in [9.17, 15) is 45.6 Å². The molecule has 77 heavy (non-hydrogen) atoms. The third kappa shape index (κ3) is 34.3. The van der Waals surface area contributed by atoms with Gasteiger partial charge in [-0.25, -0.2) is 0 Å². The van der Waals surface area contributed by atoms with Crippen molar-refractivity contribution in [2.24, 2.45) is 0 Å². The number of carbonyl (C=O) groups excluding carboxylic acids is 1. The van der Waals surface area contributed by atoms with E-state index in [0.717, 1.165) is 57.8 Å². The van der Waals surface area contributed by atoms with Gasteiger partial charge in [0, 0.05) is 6.42 Å². The van der Waals surface area contributed by atoms with Crippen LogP contribution in [0, 0.1) is 0 Å². The molecule has 2 rings (SSSR count). The van der Waals surface area contributed by atoms with Gasteiger partial charge in [-0.1, -0.05) is 243 Å². The van der Waals surface area contributed by atoms with Crippen molar-refractivity contribution >= 4 is 5.91 Å². The van der Waals surface area contributed by atoms with Crippen molar-refractivity contribution in [3.63, 3.8) is 0 Å². The minimum Gasteiger partial charge on any atom is -0.394 e. The van der Waals surface area contributed by atoms with Crippen LogP contribution in [0.2, 0.25) is 0 Å². The Morgan fingerprint density at radius 1 is 0.468 bits per heavy atom. The molecule has 1 amide bonds. The predicted molar refractivity (Wildman–Crippen MR) is 309 cm³/mol. The normalized spacial score (nSPS) is 24.9. The minimum atomic E-state index is -1.79. The van der Waals surface area contributed by atoms with Gasteiger partial charge in [0.15, 0.2) is 12.6 Å². The van der Waals surface area contributed by atoms with Gasteiger partial charge >= 0.3 is 0 Å². The summed E-state index contributed by atoms with van der Waals surface area (Å²) in [7, 11) is 0. The largest absolute Gasteiger partial charge is 0.394 e. The monoisotopic (exact) mass is 1100 g/mol. The van der Waals surface area contributed by atoms with Gasteiger partial charge in [-0.3, -0.25) is 4.79 Å². The summed E-state index contributed by atoms with van der Waals surface area (Å²) < 4.78 is 22.8. The molecule has 9 N–H and O–H groups in total. The van der Waals surface area contributed by atoms with E-state index in [1.54, 1.807) is 6.08 Å². The van der Waals surface area contributed by atoms with Crippen LogP contribution in [0.3, 0.4) is 0 Å². The van der Waals surface area contributed by atoms with Crippen molar-refractivity contribution in [1.29, 1.82) is 0 Å². The second-order valence-corrected chi connectivity index (χ2v) is 22.5. The molecule has 0 saturated carbocycles. The highest BCUT2D eigenvalue weighted by Crippen LogP contribution is 2.30. The quantitative estimate of drug-likeness (QED) is 0.0204. The van der Waals surface area contributed by atoms with Crippen molar-refractivity contribution < 1.29 is 64.6 Å². The highest BCUT2D eigenvalue weighted by molar-refractivity contribution is 5.76. The van der Waals surface area contributed by atoms with Crippen LogP contribution >= 0.6 is 0 Å². The van der Waals surface area contributed by atoms with Gasteiger partial charge in [0.2, 0.25) is 5.91 Å². The molecule has 0 bridgehead atoms. The summed E-state index contributed by atoms with van der Waals surface area (Å²) in [5.41, 5.74) is 0. The first-order chi connectivity index (χ1) is 37.6. The Balaban J connectivity index is 1.73. The van der Waals surface area contributed by atoms with Gasteiger partial charge in [-0.2, -0.15) is 0 Å². The molecule has 0 aromatic carbocycles. The Labute approximate surface area is 468 Å². The lowest BCUT2D eigenvalue weighted by atomic mass is 9.97. The number of nitrogens with one attached hydrogen (secondary N) is 1. The van der Waals surface area contributed by atoms with E-state index < -0.39 is 86.8 Å². The Hall–Kier alpha value is -1.79. The van der Waals surface area contributed by atoms with Gasteiger partial charge < -0.3 is 65.1 Å². The van der Waals surface area contributed by atoms with E-state index in [4.69, 9.17) is 18.9 Å². The molecule has 0 aliphatic carbocycles. The van der Waals surface area contributed by atoms with E-state index >= 15 is 0 Å². The summed E-state index contributed by atoms with van der Waals surface area (Å²) >= 11 is 0. The fourth-order valence-corrected chi connectivity index (χ4v) is 10.4. The number of carbonyl (C=O) groups is 1. The average Bonchev–Trinajstić information content (AvgIpc) is 3.44. The third-order valence-electron chi connectivity index (χ3n) is 15.6. The standard InChI is InChI=1S/C63H117NO13/c1-3-5-7-9-11-13-15-17-19-21-22-23-24-25-26-27-28-29-31-32-34-36-38-40-42-44-46-52(67)51(64-55(68)47-45-43-41-39-37-35-33-30-20-18-16-14-12-10-8-6-4-2)50-74-62-60(73)58(71)61(54(49-66)76-62)77-63-59(72)57(70)56(69)53(48-65)75-63/h12,14,18,20,44,46,51-54,56-63,65-67,69-73H,3-11,13,15-17,19,21-43,45,47-50H2,1-2H3,(H,64,68)/b14-12-,20-18-,46-44+. The number of unbranched alkanes of at least 4 members (excludes halogenated alkanes) is 34. The molecule has 0 aromatic heterocycles. The maximum atomic E-state index is 13.3. The molecule has 0 aromatic rings. The van der Waals surface area contributed by atoms with E-state index in [0.29, 0.717) is 6.42 Å². The lowest BCUT2D eigenvalue weighted by molar-refractivity contribution is -0.359. The molecule has 14 heteroatoms. The SMILES string of the molecule is CCCCC/C=C\C/C=C\CCCCCCCCCC(=O)NC(COC1OC(CO)C(OC2OC(CO)C(O)C(O)C2O)C(O)C1O)C(O)/C=C/CCCCCCCCCCCCCCCCCCCCCCCCCC. The summed E-state index contributed by atoms with van der Waals surface area (Å²) in [6, 6.07) is -0.919. The van der Waals surface area contributed by atoms with E-state index in [1.807, 2.05) is 6.08 Å². The Kier molecular flexibility index (Phi) is 45.3. The zero-order valence-electron chi connectivity index (χ0n) is 48.7. The van der Waals surface area contributed by atoms with Crippen LogP contribution in [0.25, 0.3) is 0 Å². The smallest absolute Gasteiger partial charge is 0.220 e. The fourth-order valence-electron chi connectivity index (χ4n) is 10.4. The lowest BCUT2D eigenvalue weighted by Gasteiger charge is -2.46. The minimum absolute atomic E-state index is 0.245. The number of hydrogen-bond donors (Lipinski definition) is 9. The van der Waals surface area contributed by atoms with Crippen molar-refractivity contribution in [1.82, 2.24) is 5.32 Å². The molecule has 12 unspecified atom stereocenters. The van der Waals surface area contributed by atoms with Crippen LogP contribution < -0.4 is 5.32 Å². The van der Waals surface area contributed by atoms with Crippen LogP contribution in [0.5, 0.6) is 0 Å². The van der Waals surface area contributed by atoms with E-state index in [2.05, 4.69) is 43.5 Å². The molecule has 0 spiro atoms. The molecule has 452 valence electrons. The summed E-state index contributed by atoms with van der Waals surface area (Å²) in [6.45, 7) is 2.79. The highest BCUT2D eigenvalue weighted by atomic mass is 16.7. The van der Waals surface area contributed by atoms with Gasteiger partial charge in [-0.15, -0.1) is 0 Å². The molecule has 14 nitrogen and oxygen atoms in total. The molecule has 2 aliphatic rings. The molecule has 0 radical (unpaired) electrons. The number of allylic oxidation sites excluding steroid dienone is 5. The molecule has 12 atom stereocenters. The summed E-state index contributed by atoms with van der Waals surface area (Å²) in [4.78, 5) is 13.3. The number of hydrogen-bond acceptors (Lipinski definition) is 13. The molecular weight excluding hydrogens is 979 g/mol. The molecule has 2 aliphatic heterocycles. The number of aliphatic hydroxyl groups excluding tert-OH is 8. The highest BCUT2D eigenvalue weighted by Gasteiger charge is 2.51. The number of ether oxygens (including phenoxy) is 4. The van der Waals surface area contributed by atoms with Crippen LogP contribution in [0.1, 0.15) is 264 Å². The van der Waals surface area contributed by atoms with Crippen LogP contribution in [-0.4, -0.2) is 140 Å². The first-order valence-corrected chi connectivity index (χ1v) is 31.7. The zero-order chi connectivity index (χ0) is 56.0. The van der Waals surface area contributed by atoms with Gasteiger partial charge in [0.05, 0.1) is 32.0 Å². The Morgan fingerprint density at radius 3 is 1.32 bits per heavy atom. The van der Waals surface area contributed by atoms with Crippen molar-refractivity contribution in [3.05, 3.63) is 36.5 Å². The summed E-state index contributed by atoms with van der Waals surface area (Å²) in [6.07, 6.45) is 43.3.